The smallest absolute Gasteiger partial charge is 0.233 e. The summed E-state index contributed by atoms with van der Waals surface area (Å²) in [6.07, 6.45) is 3.23. The van der Waals surface area contributed by atoms with E-state index in [0.717, 1.165) is 0 Å². The van der Waals surface area contributed by atoms with Crippen LogP contribution in [-0.4, -0.2) is 27.1 Å². The maximum atomic E-state index is 12.2. The van der Waals surface area contributed by atoms with Crippen LogP contribution in [0.2, 0.25) is 10.0 Å². The first kappa shape index (κ1) is 17.3. The van der Waals surface area contributed by atoms with E-state index in [1.165, 1.54) is 23.4 Å². The van der Waals surface area contributed by atoms with E-state index in [2.05, 4.69) is 10.1 Å². The molecule has 1 heterocycles. The summed E-state index contributed by atoms with van der Waals surface area (Å²) in [5.41, 5.74) is 0.180. The van der Waals surface area contributed by atoms with Crippen LogP contribution in [0, 0.1) is 0 Å². The van der Waals surface area contributed by atoms with Gasteiger partial charge in [-0.1, -0.05) is 30.1 Å². The molecule has 1 aromatic carbocycles. The molecule has 23 heavy (non-hydrogen) atoms. The van der Waals surface area contributed by atoms with Crippen molar-refractivity contribution in [2.45, 2.75) is 26.8 Å². The summed E-state index contributed by atoms with van der Waals surface area (Å²) in [5.74, 6) is 0.243. The summed E-state index contributed by atoms with van der Waals surface area (Å²) in [4.78, 5) is 17.7. The summed E-state index contributed by atoms with van der Waals surface area (Å²) in [6, 6.07) is 4.59. The van der Waals surface area contributed by atoms with E-state index in [-0.39, 0.29) is 22.4 Å². The number of hydrogen-bond acceptors (Lipinski definition) is 4. The Morgan fingerprint density at radius 1 is 1.43 bits per heavy atom. The molecule has 2 aromatic rings. The molecule has 0 fully saturated rings. The van der Waals surface area contributed by atoms with Crippen molar-refractivity contribution in [2.75, 3.05) is 4.90 Å². The van der Waals surface area contributed by atoms with Gasteiger partial charge in [0.05, 0.1) is 11.2 Å². The molecule has 0 saturated carbocycles. The molecule has 0 atom stereocenters. The fraction of sp³-hybridized carbons (Fsp3) is 0.267. The molecule has 0 unspecified atom stereocenters. The normalized spacial score (nSPS) is 11.1. The lowest BCUT2D eigenvalue weighted by Gasteiger charge is -2.17. The van der Waals surface area contributed by atoms with Crippen molar-refractivity contribution in [1.29, 1.82) is 0 Å². The van der Waals surface area contributed by atoms with Gasteiger partial charge in [0.15, 0.2) is 5.75 Å². The maximum absolute atomic E-state index is 12.2. The lowest BCUT2D eigenvalue weighted by atomic mass is 10.3. The number of aromatic nitrogens is 2. The number of aliphatic imine (C=N–C) groups is 1. The topological polar surface area (TPSA) is 70.7 Å². The Kier molecular flexibility index (Phi) is 5.63. The van der Waals surface area contributed by atoms with Gasteiger partial charge in [-0.3, -0.25) is 9.69 Å². The zero-order valence-electron chi connectivity index (χ0n) is 12.7. The number of rotatable bonds is 5. The number of carbonyl (C=O) groups is 1. The van der Waals surface area contributed by atoms with Crippen LogP contribution in [0.15, 0.2) is 29.4 Å². The minimum Gasteiger partial charge on any atom is -0.504 e. The van der Waals surface area contributed by atoms with Gasteiger partial charge in [-0.2, -0.15) is 5.10 Å². The van der Waals surface area contributed by atoms with Gasteiger partial charge < -0.3 is 5.11 Å². The van der Waals surface area contributed by atoms with Crippen molar-refractivity contribution in [3.8, 4) is 5.75 Å². The first-order valence-electron chi connectivity index (χ1n) is 7.04. The predicted octanol–water partition coefficient (Wildman–Crippen LogP) is 4.02. The molecule has 1 amide bonds. The van der Waals surface area contributed by atoms with Crippen LogP contribution in [0.25, 0.3) is 0 Å². The molecule has 0 aliphatic carbocycles. The van der Waals surface area contributed by atoms with Crippen LogP contribution in [0.3, 0.4) is 0 Å². The Balaban J connectivity index is 2.41. The van der Waals surface area contributed by atoms with Crippen molar-refractivity contribution in [1.82, 2.24) is 9.78 Å². The zero-order chi connectivity index (χ0) is 17.0. The number of phenols is 1. The Morgan fingerprint density at radius 3 is 2.83 bits per heavy atom. The van der Waals surface area contributed by atoms with Gasteiger partial charge in [-0.25, -0.2) is 9.67 Å². The number of benzene rings is 1. The number of halogens is 2. The summed E-state index contributed by atoms with van der Waals surface area (Å²) in [7, 11) is 0. The summed E-state index contributed by atoms with van der Waals surface area (Å²) in [6.45, 7) is 4.28. The first-order chi connectivity index (χ1) is 11.0. The quantitative estimate of drug-likeness (QED) is 0.651. The number of carbonyl (C=O) groups excluding carboxylic acids is 1. The standard InChI is InChI=1S/C15H16Cl2N4O2/c1-3-14(22)20(13-5-6-19-21(13)4-2)9-18-12-8-10(16)7-11(17)15(12)23/h5-9,23H,3-4H2,1-2H3/b18-9-. The van der Waals surface area contributed by atoms with Gasteiger partial charge in [0.1, 0.15) is 17.8 Å². The van der Waals surface area contributed by atoms with Crippen LogP contribution in [0.5, 0.6) is 5.75 Å². The van der Waals surface area contributed by atoms with Crippen LogP contribution in [-0.2, 0) is 11.3 Å². The van der Waals surface area contributed by atoms with Crippen LogP contribution < -0.4 is 4.90 Å². The maximum Gasteiger partial charge on any atom is 0.233 e. The van der Waals surface area contributed by atoms with Gasteiger partial charge in [0.25, 0.3) is 0 Å². The largest absolute Gasteiger partial charge is 0.504 e. The van der Waals surface area contributed by atoms with Gasteiger partial charge in [0.2, 0.25) is 5.91 Å². The fourth-order valence-corrected chi connectivity index (χ4v) is 2.45. The molecule has 0 bridgehead atoms. The van der Waals surface area contributed by atoms with Gasteiger partial charge >= 0.3 is 0 Å². The van der Waals surface area contributed by atoms with Crippen LogP contribution >= 0.6 is 23.2 Å². The molecule has 0 saturated heterocycles. The fourth-order valence-electron chi connectivity index (χ4n) is 1.97. The van der Waals surface area contributed by atoms with E-state index in [0.29, 0.717) is 23.8 Å². The number of aromatic hydroxyl groups is 1. The molecule has 122 valence electrons. The predicted molar refractivity (Wildman–Crippen MR) is 92.0 cm³/mol. The van der Waals surface area contributed by atoms with Crippen molar-refractivity contribution in [2.24, 2.45) is 4.99 Å². The van der Waals surface area contributed by atoms with E-state index in [1.807, 2.05) is 6.92 Å². The average Bonchev–Trinajstić information content (AvgIpc) is 3.00. The number of anilines is 1. The first-order valence-corrected chi connectivity index (χ1v) is 7.79. The third kappa shape index (κ3) is 3.83. The van der Waals surface area contributed by atoms with Crippen molar-refractivity contribution in [3.05, 3.63) is 34.4 Å². The Morgan fingerprint density at radius 2 is 2.17 bits per heavy atom. The minimum absolute atomic E-state index is 0.0941. The molecule has 0 aliphatic rings. The summed E-state index contributed by atoms with van der Waals surface area (Å²) in [5, 5.41) is 14.5. The second-order valence-electron chi connectivity index (χ2n) is 4.62. The lowest BCUT2D eigenvalue weighted by molar-refractivity contribution is -0.117. The number of hydrogen-bond donors (Lipinski definition) is 1. The number of nitrogens with zero attached hydrogens (tertiary/aromatic N) is 4. The van der Waals surface area contributed by atoms with E-state index in [9.17, 15) is 9.90 Å². The molecule has 2 rings (SSSR count). The van der Waals surface area contributed by atoms with Crippen LogP contribution in [0.1, 0.15) is 20.3 Å². The molecule has 1 N–H and O–H groups in total. The Hall–Kier alpha value is -2.05. The van der Waals surface area contributed by atoms with Crippen LogP contribution in [0.4, 0.5) is 11.5 Å². The monoisotopic (exact) mass is 354 g/mol. The molecular weight excluding hydrogens is 339 g/mol. The molecule has 0 aliphatic heterocycles. The minimum atomic E-state index is -0.194. The molecule has 0 spiro atoms. The highest BCUT2D eigenvalue weighted by atomic mass is 35.5. The molecule has 8 heteroatoms. The highest BCUT2D eigenvalue weighted by Gasteiger charge is 2.16. The second-order valence-corrected chi connectivity index (χ2v) is 5.47. The molecule has 0 radical (unpaired) electrons. The van der Waals surface area contributed by atoms with E-state index >= 15 is 0 Å². The highest BCUT2D eigenvalue weighted by Crippen LogP contribution is 2.36. The zero-order valence-corrected chi connectivity index (χ0v) is 14.2. The third-order valence-corrected chi connectivity index (χ3v) is 3.64. The SMILES string of the molecule is CCC(=O)N(/C=N\c1cc(Cl)cc(Cl)c1O)c1ccnn1CC. The lowest BCUT2D eigenvalue weighted by Crippen LogP contribution is -2.30. The van der Waals surface area contributed by atoms with Gasteiger partial charge in [-0.05, 0) is 19.1 Å². The third-order valence-electron chi connectivity index (χ3n) is 3.13. The van der Waals surface area contributed by atoms with Crippen molar-refractivity contribution in [3.63, 3.8) is 0 Å². The number of phenolic OH excluding ortho intramolecular Hbond substituents is 1. The number of aryl methyl sites for hydroxylation is 1. The van der Waals surface area contributed by atoms with E-state index in [4.69, 9.17) is 23.2 Å². The second kappa shape index (κ2) is 7.48. The Labute approximate surface area is 144 Å². The van der Waals surface area contributed by atoms with Gasteiger partial charge in [-0.15, -0.1) is 0 Å². The number of amides is 1. The summed E-state index contributed by atoms with van der Waals surface area (Å²) < 4.78 is 1.67. The summed E-state index contributed by atoms with van der Waals surface area (Å²) >= 11 is 11.8. The molecule has 1 aromatic heterocycles. The van der Waals surface area contributed by atoms with Crippen molar-refractivity contribution >= 4 is 47.0 Å². The highest BCUT2D eigenvalue weighted by molar-refractivity contribution is 6.36. The average molecular weight is 355 g/mol. The molecule has 6 nitrogen and oxygen atoms in total. The Bertz CT molecular complexity index is 743. The van der Waals surface area contributed by atoms with Gasteiger partial charge in [0, 0.05) is 24.1 Å². The van der Waals surface area contributed by atoms with E-state index < -0.39 is 0 Å². The van der Waals surface area contributed by atoms with E-state index in [1.54, 1.807) is 23.9 Å². The van der Waals surface area contributed by atoms with Crippen molar-refractivity contribution < 1.29 is 9.90 Å². The molecular formula is C15H16Cl2N4O2.